The largest absolute Gasteiger partial charge is 0.481 e. The lowest BCUT2D eigenvalue weighted by Crippen LogP contribution is -2.31. The van der Waals surface area contributed by atoms with Crippen molar-refractivity contribution in [2.45, 2.75) is 18.2 Å². The highest BCUT2D eigenvalue weighted by atomic mass is 35.5. The molecule has 0 aromatic heterocycles. The minimum absolute atomic E-state index is 0.0758. The van der Waals surface area contributed by atoms with Crippen LogP contribution in [-0.4, -0.2) is 26.0 Å². The third-order valence-electron chi connectivity index (χ3n) is 3.33. The molecule has 0 aliphatic carbocycles. The van der Waals surface area contributed by atoms with Gasteiger partial charge in [-0.2, -0.15) is 0 Å². The van der Waals surface area contributed by atoms with Crippen LogP contribution >= 0.6 is 23.2 Å². The molecule has 24 heavy (non-hydrogen) atoms. The van der Waals surface area contributed by atoms with Crippen LogP contribution in [0.4, 0.5) is 5.69 Å². The summed E-state index contributed by atoms with van der Waals surface area (Å²) < 4.78 is 27.0. The predicted octanol–water partition coefficient (Wildman–Crippen LogP) is 3.84. The summed E-state index contributed by atoms with van der Waals surface area (Å²) in [5, 5.41) is 9.15. The molecular weight excluding hydrogens is 373 g/mol. The summed E-state index contributed by atoms with van der Waals surface area (Å²) in [4.78, 5) is 10.6. The first-order valence-electron chi connectivity index (χ1n) is 7.04. The van der Waals surface area contributed by atoms with Gasteiger partial charge in [-0.25, -0.2) is 8.42 Å². The van der Waals surface area contributed by atoms with Gasteiger partial charge in [0.2, 0.25) is 0 Å². The molecule has 1 N–H and O–H groups in total. The molecule has 128 valence electrons. The minimum atomic E-state index is -3.89. The molecule has 0 atom stereocenters. The van der Waals surface area contributed by atoms with E-state index >= 15 is 0 Å². The van der Waals surface area contributed by atoms with Crippen molar-refractivity contribution < 1.29 is 18.3 Å². The van der Waals surface area contributed by atoms with Crippen LogP contribution in [0, 0.1) is 0 Å². The zero-order valence-electron chi connectivity index (χ0n) is 12.7. The van der Waals surface area contributed by atoms with Crippen LogP contribution < -0.4 is 4.31 Å². The fourth-order valence-electron chi connectivity index (χ4n) is 2.24. The van der Waals surface area contributed by atoms with E-state index in [4.69, 9.17) is 28.3 Å². The molecule has 0 amide bonds. The number of carboxylic acid groups (broad SMARTS) is 1. The first-order valence-corrected chi connectivity index (χ1v) is 9.24. The Balaban J connectivity index is 2.43. The fourth-order valence-corrected chi connectivity index (χ4v) is 4.45. The van der Waals surface area contributed by atoms with Gasteiger partial charge in [0.25, 0.3) is 10.0 Å². The first-order chi connectivity index (χ1) is 11.3. The third kappa shape index (κ3) is 4.01. The molecular formula is C16H15Cl2NO4S. The molecule has 0 bridgehead atoms. The molecule has 2 aromatic rings. The highest BCUT2D eigenvalue weighted by molar-refractivity contribution is 7.93. The Hall–Kier alpha value is -1.76. The number of sulfonamides is 1. The second kappa shape index (κ2) is 7.42. The van der Waals surface area contributed by atoms with Gasteiger partial charge in [0.15, 0.2) is 0 Å². The van der Waals surface area contributed by atoms with Crippen molar-refractivity contribution in [3.05, 3.63) is 58.1 Å². The first kappa shape index (κ1) is 18.6. The summed E-state index contributed by atoms with van der Waals surface area (Å²) in [7, 11) is -3.89. The summed E-state index contributed by atoms with van der Waals surface area (Å²) in [5.74, 6) is -0.951. The molecule has 0 aliphatic heterocycles. The Morgan fingerprint density at radius 3 is 2.29 bits per heavy atom. The number of rotatable bonds is 6. The summed E-state index contributed by atoms with van der Waals surface area (Å²) in [6.45, 7) is 1.88. The molecule has 5 nitrogen and oxygen atoms in total. The zero-order chi connectivity index (χ0) is 17.9. The summed E-state index contributed by atoms with van der Waals surface area (Å²) >= 11 is 11.9. The van der Waals surface area contributed by atoms with Crippen LogP contribution in [0.25, 0.3) is 0 Å². The van der Waals surface area contributed by atoms with E-state index < -0.39 is 16.0 Å². The number of hydrogen-bond donors (Lipinski definition) is 1. The standard InChI is InChI=1S/C16H15Cl2NO4S/c1-2-19(13-6-3-11(4-7-13)9-16(20)21)24(22,23)15-10-12(17)5-8-14(15)18/h3-8,10H,2,9H2,1H3,(H,20,21). The van der Waals surface area contributed by atoms with Crippen molar-refractivity contribution in [3.63, 3.8) is 0 Å². The number of hydrogen-bond acceptors (Lipinski definition) is 3. The zero-order valence-corrected chi connectivity index (χ0v) is 15.1. The summed E-state index contributed by atoms with van der Waals surface area (Å²) in [6.07, 6.45) is -0.126. The Labute approximate surface area is 150 Å². The molecule has 0 radical (unpaired) electrons. The average molecular weight is 388 g/mol. The molecule has 0 heterocycles. The summed E-state index contributed by atoms with van der Waals surface area (Å²) in [5.41, 5.74) is 1.00. The Bertz CT molecular complexity index is 851. The van der Waals surface area contributed by atoms with Crippen LogP contribution in [0.1, 0.15) is 12.5 Å². The molecule has 0 saturated heterocycles. The number of benzene rings is 2. The monoisotopic (exact) mass is 387 g/mol. The number of anilines is 1. The van der Waals surface area contributed by atoms with Crippen molar-refractivity contribution in [1.82, 2.24) is 0 Å². The Morgan fingerprint density at radius 1 is 1.12 bits per heavy atom. The molecule has 0 unspecified atom stereocenters. The van der Waals surface area contributed by atoms with Gasteiger partial charge in [0.05, 0.1) is 17.1 Å². The van der Waals surface area contributed by atoms with Gasteiger partial charge < -0.3 is 5.11 Å². The maximum atomic E-state index is 12.9. The Kier molecular flexibility index (Phi) is 5.74. The number of carboxylic acids is 1. The minimum Gasteiger partial charge on any atom is -0.481 e. The van der Waals surface area contributed by atoms with Crippen LogP contribution in [0.15, 0.2) is 47.4 Å². The van der Waals surface area contributed by atoms with Gasteiger partial charge in [-0.1, -0.05) is 35.3 Å². The average Bonchev–Trinajstić information content (AvgIpc) is 2.51. The molecule has 0 fully saturated rings. The van der Waals surface area contributed by atoms with Crippen LogP contribution in [0.3, 0.4) is 0 Å². The molecule has 0 saturated carbocycles. The van der Waals surface area contributed by atoms with Crippen molar-refractivity contribution >= 4 is 44.9 Å². The SMILES string of the molecule is CCN(c1ccc(CC(=O)O)cc1)S(=O)(=O)c1cc(Cl)ccc1Cl. The van der Waals surface area contributed by atoms with E-state index in [9.17, 15) is 13.2 Å². The molecule has 0 aliphatic rings. The van der Waals surface area contributed by atoms with E-state index in [-0.39, 0.29) is 27.9 Å². The fraction of sp³-hybridized carbons (Fsp3) is 0.188. The van der Waals surface area contributed by atoms with Gasteiger partial charge in [-0.3, -0.25) is 9.10 Å². The molecule has 0 spiro atoms. The van der Waals surface area contributed by atoms with E-state index in [0.717, 1.165) is 0 Å². The van der Waals surface area contributed by atoms with Crippen LogP contribution in [-0.2, 0) is 21.2 Å². The third-order valence-corrected chi connectivity index (χ3v) is 5.95. The second-order valence-corrected chi connectivity index (χ2v) is 7.66. The van der Waals surface area contributed by atoms with Gasteiger partial charge in [-0.05, 0) is 42.8 Å². The van der Waals surface area contributed by atoms with Crippen molar-refractivity contribution in [2.75, 3.05) is 10.8 Å². The van der Waals surface area contributed by atoms with Crippen molar-refractivity contribution in [3.8, 4) is 0 Å². The van der Waals surface area contributed by atoms with Gasteiger partial charge in [-0.15, -0.1) is 0 Å². The summed E-state index contributed by atoms with van der Waals surface area (Å²) in [6, 6.07) is 10.6. The van der Waals surface area contributed by atoms with Gasteiger partial charge in [0.1, 0.15) is 4.90 Å². The highest BCUT2D eigenvalue weighted by Crippen LogP contribution is 2.30. The van der Waals surface area contributed by atoms with Crippen LogP contribution in [0.2, 0.25) is 10.0 Å². The quantitative estimate of drug-likeness (QED) is 0.816. The second-order valence-electron chi connectivity index (χ2n) is 4.98. The lowest BCUT2D eigenvalue weighted by Gasteiger charge is -2.23. The lowest BCUT2D eigenvalue weighted by atomic mass is 10.1. The molecule has 2 aromatic carbocycles. The normalized spacial score (nSPS) is 11.3. The number of carbonyl (C=O) groups is 1. The number of aliphatic carboxylic acids is 1. The Morgan fingerprint density at radius 2 is 1.75 bits per heavy atom. The maximum Gasteiger partial charge on any atom is 0.307 e. The van der Waals surface area contributed by atoms with Crippen molar-refractivity contribution in [1.29, 1.82) is 0 Å². The van der Waals surface area contributed by atoms with E-state index in [1.165, 1.54) is 22.5 Å². The maximum absolute atomic E-state index is 12.9. The highest BCUT2D eigenvalue weighted by Gasteiger charge is 2.26. The number of nitrogens with zero attached hydrogens (tertiary/aromatic N) is 1. The topological polar surface area (TPSA) is 74.7 Å². The number of halogens is 2. The molecule has 8 heteroatoms. The smallest absolute Gasteiger partial charge is 0.307 e. The van der Waals surface area contributed by atoms with Crippen LogP contribution in [0.5, 0.6) is 0 Å². The van der Waals surface area contributed by atoms with E-state index in [0.29, 0.717) is 11.3 Å². The molecule has 2 rings (SSSR count). The van der Waals surface area contributed by atoms with E-state index in [2.05, 4.69) is 0 Å². The van der Waals surface area contributed by atoms with Gasteiger partial charge >= 0.3 is 5.97 Å². The lowest BCUT2D eigenvalue weighted by molar-refractivity contribution is -0.136. The van der Waals surface area contributed by atoms with E-state index in [1.807, 2.05) is 0 Å². The van der Waals surface area contributed by atoms with E-state index in [1.54, 1.807) is 31.2 Å². The predicted molar refractivity (Wildman–Crippen MR) is 94.4 cm³/mol. The van der Waals surface area contributed by atoms with Gasteiger partial charge in [0, 0.05) is 11.6 Å². The van der Waals surface area contributed by atoms with Crippen molar-refractivity contribution in [2.24, 2.45) is 0 Å².